The Morgan fingerprint density at radius 3 is 2.32 bits per heavy atom. The van der Waals surface area contributed by atoms with Crippen molar-refractivity contribution >= 4 is 45.7 Å². The number of carbonyl (C=O) groups is 2. The summed E-state index contributed by atoms with van der Waals surface area (Å²) in [5, 5.41) is 8.42. The number of anilines is 1. The number of ether oxygens (including phenoxy) is 1. The molecule has 0 atom stereocenters. The number of rotatable bonds is 3. The summed E-state index contributed by atoms with van der Waals surface area (Å²) in [6, 6.07) is 16.6. The third kappa shape index (κ3) is 3.34. The molecule has 0 bridgehead atoms. The van der Waals surface area contributed by atoms with Crippen LogP contribution in [0.1, 0.15) is 31.8 Å². The van der Waals surface area contributed by atoms with Gasteiger partial charge in [0.05, 0.1) is 12.7 Å². The number of benzene rings is 3. The first kappa shape index (κ1) is 18.1. The lowest BCUT2D eigenvalue weighted by Crippen LogP contribution is -2.34. The Morgan fingerprint density at radius 2 is 1.61 bits per heavy atom. The minimum atomic E-state index is -0.448. The summed E-state index contributed by atoms with van der Waals surface area (Å²) in [5.41, 5.74) is 4.34. The average molecular weight is 390 g/mol. The molecular formula is C22H18N2O3S. The Morgan fingerprint density at radius 1 is 0.929 bits per heavy atom. The summed E-state index contributed by atoms with van der Waals surface area (Å²) < 4.78 is 4.65. The summed E-state index contributed by atoms with van der Waals surface area (Å²) in [5.74, 6) is -0.795. The number of nitrogens with one attached hydrogen (secondary N) is 2. The summed E-state index contributed by atoms with van der Waals surface area (Å²) in [6.07, 6.45) is 2.11. The predicted molar refractivity (Wildman–Crippen MR) is 113 cm³/mol. The molecule has 5 nitrogen and oxygen atoms in total. The highest BCUT2D eigenvalue weighted by molar-refractivity contribution is 7.80. The molecule has 1 aliphatic rings. The van der Waals surface area contributed by atoms with Crippen molar-refractivity contribution in [1.29, 1.82) is 0 Å². The number of aryl methyl sites for hydroxylation is 2. The summed E-state index contributed by atoms with van der Waals surface area (Å²) >= 11 is 5.33. The van der Waals surface area contributed by atoms with Gasteiger partial charge in [-0.15, -0.1) is 0 Å². The monoisotopic (exact) mass is 390 g/mol. The SMILES string of the molecule is COC(=O)c1ccc(C(=O)NC(=S)Nc2ccc3c4c(cccc24)CC3)cc1. The molecule has 0 aliphatic heterocycles. The Bertz CT molecular complexity index is 1100. The Kier molecular flexibility index (Phi) is 4.79. The van der Waals surface area contributed by atoms with Crippen LogP contribution in [0, 0.1) is 0 Å². The van der Waals surface area contributed by atoms with Crippen molar-refractivity contribution in [2.75, 3.05) is 12.4 Å². The molecule has 6 heteroatoms. The molecule has 0 saturated carbocycles. The second-order valence-electron chi connectivity index (χ2n) is 6.59. The van der Waals surface area contributed by atoms with Gasteiger partial charge in [0.25, 0.3) is 5.91 Å². The van der Waals surface area contributed by atoms with Crippen molar-refractivity contribution in [2.24, 2.45) is 0 Å². The summed E-state index contributed by atoms with van der Waals surface area (Å²) in [4.78, 5) is 23.9. The lowest BCUT2D eigenvalue weighted by molar-refractivity contribution is 0.0600. The summed E-state index contributed by atoms with van der Waals surface area (Å²) in [6.45, 7) is 0. The molecule has 0 fully saturated rings. The highest BCUT2D eigenvalue weighted by Crippen LogP contribution is 2.34. The first-order valence-electron chi connectivity index (χ1n) is 8.91. The number of hydrogen-bond acceptors (Lipinski definition) is 4. The van der Waals surface area contributed by atoms with Gasteiger partial charge in [0.1, 0.15) is 0 Å². The van der Waals surface area contributed by atoms with E-state index in [4.69, 9.17) is 12.2 Å². The van der Waals surface area contributed by atoms with Crippen LogP contribution in [0.25, 0.3) is 10.8 Å². The molecule has 2 N–H and O–H groups in total. The van der Waals surface area contributed by atoms with E-state index in [-0.39, 0.29) is 11.0 Å². The zero-order valence-corrected chi connectivity index (χ0v) is 16.1. The Balaban J connectivity index is 1.49. The van der Waals surface area contributed by atoms with Crippen LogP contribution in [-0.2, 0) is 17.6 Å². The van der Waals surface area contributed by atoms with E-state index in [2.05, 4.69) is 33.6 Å². The molecule has 1 amide bonds. The molecule has 0 saturated heterocycles. The van der Waals surface area contributed by atoms with Crippen LogP contribution in [0.3, 0.4) is 0 Å². The van der Waals surface area contributed by atoms with Crippen LogP contribution in [0.4, 0.5) is 5.69 Å². The van der Waals surface area contributed by atoms with Gasteiger partial charge in [0, 0.05) is 16.6 Å². The molecule has 140 valence electrons. The maximum atomic E-state index is 12.4. The molecular weight excluding hydrogens is 372 g/mol. The van der Waals surface area contributed by atoms with Crippen LogP contribution >= 0.6 is 12.2 Å². The largest absolute Gasteiger partial charge is 0.465 e. The van der Waals surface area contributed by atoms with Crippen molar-refractivity contribution in [3.05, 3.63) is 76.9 Å². The maximum Gasteiger partial charge on any atom is 0.337 e. The minimum absolute atomic E-state index is 0.223. The summed E-state index contributed by atoms with van der Waals surface area (Å²) in [7, 11) is 1.31. The third-order valence-corrected chi connectivity index (χ3v) is 5.12. The lowest BCUT2D eigenvalue weighted by atomic mass is 10.0. The average Bonchev–Trinajstić information content (AvgIpc) is 3.14. The second kappa shape index (κ2) is 7.40. The molecule has 3 aromatic carbocycles. The first-order chi connectivity index (χ1) is 13.6. The van der Waals surface area contributed by atoms with E-state index >= 15 is 0 Å². The van der Waals surface area contributed by atoms with Crippen LogP contribution in [0.2, 0.25) is 0 Å². The Hall–Kier alpha value is -3.25. The van der Waals surface area contributed by atoms with Crippen LogP contribution in [-0.4, -0.2) is 24.1 Å². The van der Waals surface area contributed by atoms with Crippen molar-refractivity contribution in [2.45, 2.75) is 12.8 Å². The van der Waals surface area contributed by atoms with Gasteiger partial charge >= 0.3 is 5.97 Å². The van der Waals surface area contributed by atoms with Gasteiger partial charge in [-0.1, -0.05) is 24.3 Å². The zero-order chi connectivity index (χ0) is 19.7. The fourth-order valence-corrected chi connectivity index (χ4v) is 3.76. The minimum Gasteiger partial charge on any atom is -0.465 e. The van der Waals surface area contributed by atoms with Gasteiger partial charge in [0.15, 0.2) is 5.11 Å². The fourth-order valence-electron chi connectivity index (χ4n) is 3.56. The van der Waals surface area contributed by atoms with Crippen LogP contribution < -0.4 is 10.6 Å². The number of carbonyl (C=O) groups excluding carboxylic acids is 2. The van der Waals surface area contributed by atoms with E-state index in [0.29, 0.717) is 11.1 Å². The number of methoxy groups -OCH3 is 1. The standard InChI is InChI=1S/C22H18N2O3S/c1-27-21(26)16-9-7-15(8-10-16)20(25)24-22(28)23-18-12-11-14-6-5-13-3-2-4-17(18)19(13)14/h2-4,7-12H,5-6H2,1H3,(H2,23,24,25,28). The van der Waals surface area contributed by atoms with Crippen molar-refractivity contribution in [3.8, 4) is 0 Å². The predicted octanol–water partition coefficient (Wildman–Crippen LogP) is 3.85. The number of thiocarbonyl (C=S) groups is 1. The van der Waals surface area contributed by atoms with Crippen LogP contribution in [0.15, 0.2) is 54.6 Å². The lowest BCUT2D eigenvalue weighted by Gasteiger charge is -2.13. The van der Waals surface area contributed by atoms with Gasteiger partial charge in [-0.25, -0.2) is 4.79 Å². The maximum absolute atomic E-state index is 12.4. The van der Waals surface area contributed by atoms with Gasteiger partial charge in [-0.3, -0.25) is 10.1 Å². The van der Waals surface area contributed by atoms with Crippen molar-refractivity contribution < 1.29 is 14.3 Å². The van der Waals surface area contributed by atoms with Gasteiger partial charge in [-0.2, -0.15) is 0 Å². The van der Waals surface area contributed by atoms with Crippen LogP contribution in [0.5, 0.6) is 0 Å². The van der Waals surface area contributed by atoms with E-state index in [1.165, 1.54) is 23.6 Å². The molecule has 3 aromatic rings. The van der Waals surface area contributed by atoms with Gasteiger partial charge < -0.3 is 10.1 Å². The van der Waals surface area contributed by atoms with Gasteiger partial charge in [0.2, 0.25) is 0 Å². The molecule has 0 radical (unpaired) electrons. The fraction of sp³-hybridized carbons (Fsp3) is 0.136. The topological polar surface area (TPSA) is 67.4 Å². The van der Waals surface area contributed by atoms with Crippen molar-refractivity contribution in [1.82, 2.24) is 5.32 Å². The highest BCUT2D eigenvalue weighted by Gasteiger charge is 2.17. The molecule has 4 rings (SSSR count). The van der Waals surface area contributed by atoms with Crippen molar-refractivity contribution in [3.63, 3.8) is 0 Å². The smallest absolute Gasteiger partial charge is 0.337 e. The molecule has 28 heavy (non-hydrogen) atoms. The zero-order valence-electron chi connectivity index (χ0n) is 15.2. The molecule has 0 unspecified atom stereocenters. The molecule has 1 aliphatic carbocycles. The molecule has 0 aromatic heterocycles. The number of hydrogen-bond donors (Lipinski definition) is 2. The van der Waals surface area contributed by atoms with E-state index in [0.717, 1.165) is 23.9 Å². The van der Waals surface area contributed by atoms with Gasteiger partial charge in [-0.05, 0) is 71.9 Å². The quantitative estimate of drug-likeness (QED) is 0.525. The number of amides is 1. The Labute approximate surface area is 167 Å². The first-order valence-corrected chi connectivity index (χ1v) is 9.32. The molecule has 0 heterocycles. The van der Waals surface area contributed by atoms with E-state index < -0.39 is 5.97 Å². The van der Waals surface area contributed by atoms with E-state index in [1.54, 1.807) is 24.3 Å². The third-order valence-electron chi connectivity index (χ3n) is 4.92. The van der Waals surface area contributed by atoms with E-state index in [1.807, 2.05) is 12.1 Å². The number of esters is 1. The highest BCUT2D eigenvalue weighted by atomic mass is 32.1. The van der Waals surface area contributed by atoms with E-state index in [9.17, 15) is 9.59 Å². The normalized spacial score (nSPS) is 11.9. The second-order valence-corrected chi connectivity index (χ2v) is 7.00. The molecule has 0 spiro atoms.